The van der Waals surface area contributed by atoms with Gasteiger partial charge < -0.3 is 9.80 Å². The number of amides is 2. The van der Waals surface area contributed by atoms with Crippen LogP contribution in [0.2, 0.25) is 0 Å². The minimum Gasteiger partial charge on any atom is -0.324 e. The first kappa shape index (κ1) is 35.4. The average Bonchev–Trinajstić information content (AvgIpc) is 3.12. The molecule has 2 heterocycles. The second-order valence-corrected chi connectivity index (χ2v) is 12.3. The van der Waals surface area contributed by atoms with Crippen LogP contribution in [0.4, 0.5) is 9.59 Å². The van der Waals surface area contributed by atoms with Crippen LogP contribution in [0.25, 0.3) is 44.6 Å². The number of carbonyl (C=O) groups excluding carboxylic acids is 2. The molecule has 0 atom stereocenters. The Labute approximate surface area is 291 Å². The van der Waals surface area contributed by atoms with Crippen molar-refractivity contribution >= 4 is 33.9 Å². The molecule has 2 aromatic heterocycles. The van der Waals surface area contributed by atoms with Crippen molar-refractivity contribution in [2.75, 3.05) is 13.1 Å². The number of benzene rings is 4. The molecule has 256 valence electrons. The van der Waals surface area contributed by atoms with Gasteiger partial charge in [-0.15, -0.1) is 0 Å². The lowest BCUT2D eigenvalue weighted by molar-refractivity contribution is 0.166. The highest BCUT2D eigenvalue weighted by Crippen LogP contribution is 2.21. The van der Waals surface area contributed by atoms with E-state index in [1.54, 1.807) is 46.2 Å². The Morgan fingerprint density at radius 2 is 0.920 bits per heavy atom. The van der Waals surface area contributed by atoms with Gasteiger partial charge in [-0.3, -0.25) is 9.59 Å². The molecule has 0 radical (unpaired) electrons. The van der Waals surface area contributed by atoms with Crippen LogP contribution in [0.15, 0.2) is 119 Å². The molecule has 0 unspecified atom stereocenters. The molecule has 0 N–H and O–H groups in total. The molecule has 6 rings (SSSR count). The van der Waals surface area contributed by atoms with E-state index in [9.17, 15) is 19.2 Å². The molecule has 0 aliphatic carbocycles. The molecular weight excluding hydrogens is 628 g/mol. The van der Waals surface area contributed by atoms with E-state index in [-0.39, 0.29) is 35.3 Å². The van der Waals surface area contributed by atoms with Crippen molar-refractivity contribution in [2.24, 2.45) is 0 Å². The normalized spacial score (nSPS) is 11.0. The minimum atomic E-state index is -0.350. The summed E-state index contributed by atoms with van der Waals surface area (Å²) in [5, 5.41) is 0.880. The van der Waals surface area contributed by atoms with Crippen molar-refractivity contribution in [1.29, 1.82) is 0 Å². The topological polar surface area (TPSA) is 110 Å². The third kappa shape index (κ3) is 7.10. The molecule has 10 nitrogen and oxygen atoms in total. The van der Waals surface area contributed by atoms with Gasteiger partial charge in [0.15, 0.2) is 11.6 Å². The molecule has 6 aromatic rings. The molecule has 50 heavy (non-hydrogen) atoms. The van der Waals surface area contributed by atoms with Gasteiger partial charge in [0.2, 0.25) is 0 Å². The number of fused-ring (bicyclic) bond motifs is 2. The molecule has 0 spiro atoms. The molecule has 0 aliphatic rings. The Morgan fingerprint density at radius 3 is 1.30 bits per heavy atom. The Balaban J connectivity index is 0.000000195. The average molecular weight is 671 g/mol. The van der Waals surface area contributed by atoms with E-state index in [1.165, 1.54) is 9.13 Å². The zero-order valence-corrected chi connectivity index (χ0v) is 29.3. The van der Waals surface area contributed by atoms with Gasteiger partial charge in [-0.25, -0.2) is 28.7 Å². The van der Waals surface area contributed by atoms with Gasteiger partial charge >= 0.3 is 12.1 Å². The first-order valence-electron chi connectivity index (χ1n) is 16.8. The lowest BCUT2D eigenvalue weighted by Gasteiger charge is -2.31. The van der Waals surface area contributed by atoms with Gasteiger partial charge in [-0.2, -0.15) is 0 Å². The van der Waals surface area contributed by atoms with E-state index in [4.69, 9.17) is 0 Å². The fourth-order valence-electron chi connectivity index (χ4n) is 5.97. The number of rotatable bonds is 6. The first-order chi connectivity index (χ1) is 24.1. The second-order valence-electron chi connectivity index (χ2n) is 12.3. The highest BCUT2D eigenvalue weighted by molar-refractivity contribution is 5.89. The highest BCUT2D eigenvalue weighted by atomic mass is 16.2. The summed E-state index contributed by atoms with van der Waals surface area (Å²) in [6.07, 6.45) is 0. The maximum absolute atomic E-state index is 13.3. The summed E-state index contributed by atoms with van der Waals surface area (Å²) in [7, 11) is 0. The maximum atomic E-state index is 13.3. The lowest BCUT2D eigenvalue weighted by Crippen LogP contribution is -2.48. The van der Waals surface area contributed by atoms with Crippen LogP contribution in [-0.4, -0.2) is 66.1 Å². The van der Waals surface area contributed by atoms with Gasteiger partial charge in [0.05, 0.1) is 21.8 Å². The van der Waals surface area contributed by atoms with E-state index < -0.39 is 0 Å². The maximum Gasteiger partial charge on any atom is 0.333 e. The molecule has 0 saturated carbocycles. The molecule has 4 aromatic carbocycles. The highest BCUT2D eigenvalue weighted by Gasteiger charge is 2.27. The van der Waals surface area contributed by atoms with E-state index in [0.717, 1.165) is 11.1 Å². The zero-order chi connectivity index (χ0) is 35.9. The van der Waals surface area contributed by atoms with E-state index in [2.05, 4.69) is 9.97 Å². The fraction of sp³-hybridized carbons (Fsp3) is 0.250. The summed E-state index contributed by atoms with van der Waals surface area (Å²) in [6.45, 7) is 12.6. The quantitative estimate of drug-likeness (QED) is 0.181. The molecule has 10 heteroatoms. The van der Waals surface area contributed by atoms with Crippen molar-refractivity contribution in [3.05, 3.63) is 130 Å². The summed E-state index contributed by atoms with van der Waals surface area (Å²) < 4.78 is 2.39. The van der Waals surface area contributed by atoms with Crippen molar-refractivity contribution < 1.29 is 9.59 Å². The van der Waals surface area contributed by atoms with Crippen LogP contribution in [0.5, 0.6) is 0 Å². The zero-order valence-electron chi connectivity index (χ0n) is 29.3. The van der Waals surface area contributed by atoms with Gasteiger partial charge in [-0.05, 0) is 65.8 Å². The summed E-state index contributed by atoms with van der Waals surface area (Å²) in [5.74, 6) is 0.738. The number of hydrogen-bond acceptors (Lipinski definition) is 6. The Morgan fingerprint density at radius 1 is 0.560 bits per heavy atom. The van der Waals surface area contributed by atoms with Crippen molar-refractivity contribution in [2.45, 2.75) is 53.6 Å². The van der Waals surface area contributed by atoms with Crippen LogP contribution in [0, 0.1) is 0 Å². The van der Waals surface area contributed by atoms with Crippen molar-refractivity contribution in [3.63, 3.8) is 0 Å². The van der Waals surface area contributed by atoms with Crippen LogP contribution in [-0.2, 0) is 0 Å². The first-order valence-corrected chi connectivity index (χ1v) is 16.8. The van der Waals surface area contributed by atoms with Gasteiger partial charge in [0.25, 0.3) is 11.1 Å². The Hall–Kier alpha value is -5.90. The van der Waals surface area contributed by atoms with E-state index >= 15 is 0 Å². The van der Waals surface area contributed by atoms with Crippen LogP contribution < -0.4 is 11.1 Å². The van der Waals surface area contributed by atoms with Crippen molar-refractivity contribution in [1.82, 2.24) is 28.9 Å². The monoisotopic (exact) mass is 670 g/mol. The summed E-state index contributed by atoms with van der Waals surface area (Å²) in [5.41, 5.74) is 1.96. The smallest absolute Gasteiger partial charge is 0.324 e. The lowest BCUT2D eigenvalue weighted by atomic mass is 10.1. The largest absolute Gasteiger partial charge is 0.333 e. The molecule has 0 aliphatic heterocycles. The molecule has 0 saturated heterocycles. The molecular formula is C40H42N6O4. The van der Waals surface area contributed by atoms with Gasteiger partial charge in [-0.1, -0.05) is 84.9 Å². The van der Waals surface area contributed by atoms with Gasteiger partial charge in [0.1, 0.15) is 0 Å². The number of aromatic nitrogens is 4. The Kier molecular flexibility index (Phi) is 11.0. The molecule has 0 fully saturated rings. The number of para-hydroxylation sites is 2. The standard InChI is InChI=1S/C21H23N3O2.C19H19N3O2/c1-14(2)23(15(3)4)21(26)24-19(16-10-6-5-7-11-16)22-18-13-9-8-12-17(18)20(24)25;1-3-21(4-2)19(24)22-17(14-10-6-5-7-11-14)20-16-13-9-8-12-15(16)18(22)23/h5-15H,1-4H3;5-13H,3-4H2,1-2H3. The summed E-state index contributed by atoms with van der Waals surface area (Å²) in [6, 6.07) is 32.1. The SMILES string of the molecule is CC(C)N(C(=O)n1c(-c2ccccc2)nc2ccccc2c1=O)C(C)C.CCN(CC)C(=O)n1c(-c2ccccc2)nc2ccccc2c1=O. The van der Waals surface area contributed by atoms with Crippen LogP contribution >= 0.6 is 0 Å². The van der Waals surface area contributed by atoms with Gasteiger partial charge in [0, 0.05) is 36.3 Å². The minimum absolute atomic E-state index is 0.0375. The predicted molar refractivity (Wildman–Crippen MR) is 199 cm³/mol. The second kappa shape index (κ2) is 15.5. The third-order valence-electron chi connectivity index (χ3n) is 8.37. The number of hydrogen-bond donors (Lipinski definition) is 0. The van der Waals surface area contributed by atoms with E-state index in [1.807, 2.05) is 114 Å². The summed E-state index contributed by atoms with van der Waals surface area (Å²) in [4.78, 5) is 65.0. The van der Waals surface area contributed by atoms with E-state index in [0.29, 0.717) is 46.5 Å². The fourth-order valence-corrected chi connectivity index (χ4v) is 5.97. The number of carbonyl (C=O) groups is 2. The van der Waals surface area contributed by atoms with Crippen LogP contribution in [0.3, 0.4) is 0 Å². The third-order valence-corrected chi connectivity index (χ3v) is 8.37. The summed E-state index contributed by atoms with van der Waals surface area (Å²) >= 11 is 0. The molecule has 0 bridgehead atoms. The van der Waals surface area contributed by atoms with Crippen LogP contribution in [0.1, 0.15) is 41.5 Å². The Bertz CT molecular complexity index is 2230. The predicted octanol–water partition coefficient (Wildman–Crippen LogP) is 7.52. The number of nitrogens with zero attached hydrogens (tertiary/aromatic N) is 6. The van der Waals surface area contributed by atoms with Crippen molar-refractivity contribution in [3.8, 4) is 22.8 Å². The molecule has 2 amide bonds.